The maximum atomic E-state index is 12.4. The van der Waals surface area contributed by atoms with Crippen LogP contribution in [0.25, 0.3) is 22.3 Å². The lowest BCUT2D eigenvalue weighted by Crippen LogP contribution is -2.40. The van der Waals surface area contributed by atoms with Gasteiger partial charge in [-0.25, -0.2) is 14.6 Å². The van der Waals surface area contributed by atoms with Crippen molar-refractivity contribution in [2.24, 2.45) is 0 Å². The van der Waals surface area contributed by atoms with Crippen LogP contribution < -0.4 is 10.5 Å². The molecule has 1 aliphatic heterocycles. The summed E-state index contributed by atoms with van der Waals surface area (Å²) in [6.45, 7) is 1.35. The van der Waals surface area contributed by atoms with E-state index in [4.69, 9.17) is 18.3 Å². The first-order valence-corrected chi connectivity index (χ1v) is 10.5. The number of nitrogen functional groups attached to an aromatic ring is 1. The van der Waals surface area contributed by atoms with E-state index in [9.17, 15) is 6.17 Å². The van der Waals surface area contributed by atoms with Crippen LogP contribution in [0.15, 0.2) is 73.6 Å². The van der Waals surface area contributed by atoms with Crippen LogP contribution in [0.3, 0.4) is 0 Å². The molecule has 0 saturated carbocycles. The molecule has 2 aromatic heterocycles. The van der Waals surface area contributed by atoms with E-state index in [1.165, 1.54) is 11.0 Å². The van der Waals surface area contributed by atoms with E-state index in [2.05, 4.69) is 16.5 Å². The molecule has 1 fully saturated rings. The summed E-state index contributed by atoms with van der Waals surface area (Å²) < 4.78 is 33.0. The third-order valence-corrected chi connectivity index (χ3v) is 5.40. The SMILES string of the molecule is [2H]C1([2H])CC[C@@]([2H])(n2nc(-c3ccc(Oc4ccccc4)cc3)c3c(N)ncnc32)CN1C(=O)C=C. The topological polar surface area (TPSA) is 99.2 Å². The summed E-state index contributed by atoms with van der Waals surface area (Å²) in [6, 6.07) is 15.2. The second-order valence-corrected chi connectivity index (χ2v) is 7.51. The van der Waals surface area contributed by atoms with Crippen LogP contribution >= 0.6 is 0 Å². The highest BCUT2D eigenvalue weighted by Gasteiger charge is 2.28. The summed E-state index contributed by atoms with van der Waals surface area (Å²) in [5, 5.41) is 5.20. The molecule has 1 atom stereocenters. The fourth-order valence-electron chi connectivity index (χ4n) is 3.79. The van der Waals surface area contributed by atoms with E-state index < -0.39 is 18.4 Å². The fourth-order valence-corrected chi connectivity index (χ4v) is 3.79. The molecule has 0 radical (unpaired) electrons. The summed E-state index contributed by atoms with van der Waals surface area (Å²) in [6.07, 6.45) is 2.42. The second kappa shape index (κ2) is 8.74. The molecule has 3 heterocycles. The van der Waals surface area contributed by atoms with Gasteiger partial charge in [-0.3, -0.25) is 4.79 Å². The van der Waals surface area contributed by atoms with Gasteiger partial charge in [0.2, 0.25) is 5.91 Å². The Labute approximate surface area is 195 Å². The van der Waals surface area contributed by atoms with Crippen molar-refractivity contribution < 1.29 is 13.6 Å². The second-order valence-electron chi connectivity index (χ2n) is 7.51. The van der Waals surface area contributed by atoms with Crippen LogP contribution in [0.5, 0.6) is 11.5 Å². The molecule has 0 bridgehead atoms. The van der Waals surface area contributed by atoms with E-state index in [-0.39, 0.29) is 25.2 Å². The minimum Gasteiger partial charge on any atom is -0.457 e. The normalized spacial score (nSPS) is 21.1. The van der Waals surface area contributed by atoms with Crippen LogP contribution in [0.1, 0.15) is 23.0 Å². The Bertz CT molecular complexity index is 1440. The molecular formula is C25H24N6O2. The molecule has 4 aromatic rings. The first-order chi connectivity index (χ1) is 17.2. The minimum absolute atomic E-state index is 0.0428. The first kappa shape index (κ1) is 17.4. The number of anilines is 1. The highest BCUT2D eigenvalue weighted by molar-refractivity contribution is 5.98. The number of benzene rings is 2. The standard InChI is InChI=1S/C25H24N6O2/c1-2-21(32)30-14-6-7-18(15-30)31-25-22(24(26)27-16-28-25)23(29-31)17-10-12-20(13-11-17)33-19-8-4-3-5-9-19/h2-5,8-13,16,18H,1,6-7,14-15H2,(H2,26,27,28)/t18-/m1/s1/i14D2,18D. The molecule has 166 valence electrons. The average molecular weight is 444 g/mol. The number of hydrogen-bond acceptors (Lipinski definition) is 6. The van der Waals surface area contributed by atoms with Crippen LogP contribution in [-0.4, -0.2) is 43.6 Å². The van der Waals surface area contributed by atoms with Crippen molar-refractivity contribution in [1.82, 2.24) is 24.6 Å². The van der Waals surface area contributed by atoms with E-state index in [1.54, 1.807) is 0 Å². The van der Waals surface area contributed by atoms with Crippen molar-refractivity contribution in [2.75, 3.05) is 18.8 Å². The van der Waals surface area contributed by atoms with Crippen molar-refractivity contribution >= 4 is 22.8 Å². The van der Waals surface area contributed by atoms with Gasteiger partial charge < -0.3 is 15.4 Å². The van der Waals surface area contributed by atoms with Gasteiger partial charge in [0.25, 0.3) is 0 Å². The van der Waals surface area contributed by atoms with E-state index in [1.807, 2.05) is 54.6 Å². The molecule has 8 heteroatoms. The van der Waals surface area contributed by atoms with Gasteiger partial charge in [-0.15, -0.1) is 0 Å². The third-order valence-electron chi connectivity index (χ3n) is 5.40. The minimum atomic E-state index is -1.90. The van der Waals surface area contributed by atoms with Gasteiger partial charge in [0.15, 0.2) is 5.65 Å². The van der Waals surface area contributed by atoms with E-state index in [0.29, 0.717) is 28.2 Å². The number of para-hydroxylation sites is 1. The quantitative estimate of drug-likeness (QED) is 0.464. The van der Waals surface area contributed by atoms with Gasteiger partial charge in [-0.1, -0.05) is 24.8 Å². The Hall–Kier alpha value is -4.20. The summed E-state index contributed by atoms with van der Waals surface area (Å²) in [4.78, 5) is 21.9. The van der Waals surface area contributed by atoms with Gasteiger partial charge in [-0.2, -0.15) is 5.10 Å². The summed E-state index contributed by atoms with van der Waals surface area (Å²) in [7, 11) is 0. The molecule has 0 spiro atoms. The Balaban J connectivity index is 1.55. The zero-order chi connectivity index (χ0) is 25.5. The number of amides is 1. The third kappa shape index (κ3) is 4.03. The molecule has 8 nitrogen and oxygen atoms in total. The molecule has 0 aliphatic carbocycles. The number of hydrogen-bond donors (Lipinski definition) is 1. The maximum absolute atomic E-state index is 12.4. The monoisotopic (exact) mass is 443 g/mol. The molecule has 1 saturated heterocycles. The molecule has 0 unspecified atom stereocenters. The highest BCUT2D eigenvalue weighted by atomic mass is 16.5. The van der Waals surface area contributed by atoms with E-state index >= 15 is 0 Å². The zero-order valence-corrected chi connectivity index (χ0v) is 17.8. The Morgan fingerprint density at radius 2 is 1.94 bits per heavy atom. The average Bonchev–Trinajstić information content (AvgIpc) is 3.28. The van der Waals surface area contributed by atoms with Gasteiger partial charge in [0, 0.05) is 21.3 Å². The Morgan fingerprint density at radius 3 is 2.70 bits per heavy atom. The Kier molecular flexibility index (Phi) is 4.60. The number of carbonyl (C=O) groups is 1. The van der Waals surface area contributed by atoms with Gasteiger partial charge >= 0.3 is 0 Å². The number of ether oxygens (including phenoxy) is 1. The zero-order valence-electron chi connectivity index (χ0n) is 20.8. The molecule has 2 N–H and O–H groups in total. The number of carbonyl (C=O) groups excluding carboxylic acids is 1. The predicted octanol–water partition coefficient (Wildman–Crippen LogP) is 4.22. The van der Waals surface area contributed by atoms with Crippen molar-refractivity contribution in [2.45, 2.75) is 18.9 Å². The fraction of sp³-hybridized carbons (Fsp3) is 0.200. The van der Waals surface area contributed by atoms with Crippen LogP contribution in [0, 0.1) is 0 Å². The molecule has 1 aliphatic rings. The maximum Gasteiger partial charge on any atom is 0.246 e. The number of fused-ring (bicyclic) bond motifs is 1. The largest absolute Gasteiger partial charge is 0.457 e. The number of likely N-dealkylation sites (tertiary alicyclic amines) is 1. The molecule has 33 heavy (non-hydrogen) atoms. The van der Waals surface area contributed by atoms with Crippen molar-refractivity contribution in [1.29, 1.82) is 0 Å². The van der Waals surface area contributed by atoms with Gasteiger partial charge in [0.05, 0.1) is 12.8 Å². The highest BCUT2D eigenvalue weighted by Crippen LogP contribution is 2.34. The van der Waals surface area contributed by atoms with Crippen molar-refractivity contribution in [3.05, 3.63) is 73.6 Å². The number of rotatable bonds is 5. The number of piperidine rings is 1. The number of nitrogens with zero attached hydrogens (tertiary/aromatic N) is 5. The van der Waals surface area contributed by atoms with Crippen LogP contribution in [0.4, 0.5) is 5.82 Å². The molecule has 5 rings (SSSR count). The first-order valence-electron chi connectivity index (χ1n) is 12.0. The lowest BCUT2D eigenvalue weighted by molar-refractivity contribution is -0.127. The van der Waals surface area contributed by atoms with Crippen LogP contribution in [0.2, 0.25) is 0 Å². The molecule has 2 aromatic carbocycles. The number of aromatic nitrogens is 4. The van der Waals surface area contributed by atoms with Crippen LogP contribution in [-0.2, 0) is 4.79 Å². The van der Waals surface area contributed by atoms with Gasteiger partial charge in [0.1, 0.15) is 29.3 Å². The van der Waals surface area contributed by atoms with Crippen molar-refractivity contribution in [3.8, 4) is 22.8 Å². The smallest absolute Gasteiger partial charge is 0.246 e. The van der Waals surface area contributed by atoms with E-state index in [0.717, 1.165) is 16.5 Å². The Morgan fingerprint density at radius 1 is 1.18 bits per heavy atom. The molecule has 1 amide bonds. The molecular weight excluding hydrogens is 416 g/mol. The summed E-state index contributed by atoms with van der Waals surface area (Å²) >= 11 is 0. The van der Waals surface area contributed by atoms with Gasteiger partial charge in [-0.05, 0) is 55.3 Å². The van der Waals surface area contributed by atoms with Crippen molar-refractivity contribution in [3.63, 3.8) is 0 Å². The summed E-state index contributed by atoms with van der Waals surface area (Å²) in [5.41, 5.74) is 7.76. The number of nitrogens with two attached hydrogens (primary N) is 1. The lowest BCUT2D eigenvalue weighted by Gasteiger charge is -2.32. The predicted molar refractivity (Wildman–Crippen MR) is 127 cm³/mol. The lowest BCUT2D eigenvalue weighted by atomic mass is 10.1. The summed E-state index contributed by atoms with van der Waals surface area (Å²) in [5.74, 6) is 0.975.